The summed E-state index contributed by atoms with van der Waals surface area (Å²) in [6.45, 7) is 2.18. The van der Waals surface area contributed by atoms with Gasteiger partial charge in [0.25, 0.3) is 0 Å². The van der Waals surface area contributed by atoms with Crippen molar-refractivity contribution in [3.8, 4) is 0 Å². The lowest BCUT2D eigenvalue weighted by molar-refractivity contribution is -0.179. The van der Waals surface area contributed by atoms with Crippen molar-refractivity contribution in [3.63, 3.8) is 0 Å². The highest BCUT2D eigenvalue weighted by atomic mass is 19.3. The SMILES string of the molecule is CCCC(CC)OC(=O)CCCC(=O)OCC(F)(F)C(F)F. The zero-order valence-electron chi connectivity index (χ0n) is 12.7. The van der Waals surface area contributed by atoms with Gasteiger partial charge in [-0.05, 0) is 19.3 Å². The molecule has 8 heteroatoms. The van der Waals surface area contributed by atoms with E-state index in [2.05, 4.69) is 4.74 Å². The van der Waals surface area contributed by atoms with Crippen molar-refractivity contribution >= 4 is 11.9 Å². The van der Waals surface area contributed by atoms with Crippen LogP contribution in [0.3, 0.4) is 0 Å². The molecule has 1 atom stereocenters. The molecular formula is C14H22F4O4. The molecule has 0 aliphatic carbocycles. The second kappa shape index (κ2) is 10.4. The van der Waals surface area contributed by atoms with Gasteiger partial charge in [-0.15, -0.1) is 0 Å². The van der Waals surface area contributed by atoms with Crippen LogP contribution in [-0.2, 0) is 19.1 Å². The zero-order chi connectivity index (χ0) is 17.2. The first-order chi connectivity index (χ1) is 10.2. The summed E-state index contributed by atoms with van der Waals surface area (Å²) in [5.41, 5.74) is 0. The second-order valence-corrected chi connectivity index (χ2v) is 4.88. The fraction of sp³-hybridized carbons (Fsp3) is 0.857. The number of ether oxygens (including phenoxy) is 2. The van der Waals surface area contributed by atoms with E-state index in [0.717, 1.165) is 12.8 Å². The van der Waals surface area contributed by atoms with Crippen LogP contribution in [0, 0.1) is 0 Å². The van der Waals surface area contributed by atoms with E-state index < -0.39 is 30.9 Å². The monoisotopic (exact) mass is 330 g/mol. The Morgan fingerprint density at radius 3 is 2.18 bits per heavy atom. The molecule has 0 saturated carbocycles. The Labute approximate surface area is 127 Å². The van der Waals surface area contributed by atoms with Gasteiger partial charge in [0.15, 0.2) is 6.61 Å². The Morgan fingerprint density at radius 1 is 1.09 bits per heavy atom. The average Bonchev–Trinajstić information content (AvgIpc) is 2.44. The summed E-state index contributed by atoms with van der Waals surface area (Å²) in [5, 5.41) is 0. The number of hydrogen-bond acceptors (Lipinski definition) is 4. The van der Waals surface area contributed by atoms with E-state index in [1.165, 1.54) is 0 Å². The number of carbonyl (C=O) groups excluding carboxylic acids is 2. The van der Waals surface area contributed by atoms with Crippen LogP contribution in [0.2, 0.25) is 0 Å². The summed E-state index contributed by atoms with van der Waals surface area (Å²) in [6.07, 6.45) is -2.07. The normalized spacial score (nSPS) is 13.0. The van der Waals surface area contributed by atoms with E-state index in [-0.39, 0.29) is 25.4 Å². The van der Waals surface area contributed by atoms with E-state index in [1.807, 2.05) is 13.8 Å². The van der Waals surface area contributed by atoms with Crippen molar-refractivity contribution in [3.05, 3.63) is 0 Å². The maximum absolute atomic E-state index is 12.5. The predicted molar refractivity (Wildman–Crippen MR) is 70.8 cm³/mol. The van der Waals surface area contributed by atoms with Gasteiger partial charge in [0.1, 0.15) is 6.10 Å². The minimum absolute atomic E-state index is 0.0550. The molecule has 22 heavy (non-hydrogen) atoms. The van der Waals surface area contributed by atoms with Crippen molar-refractivity contribution in [2.45, 2.75) is 70.8 Å². The lowest BCUT2D eigenvalue weighted by atomic mass is 10.1. The first-order valence-corrected chi connectivity index (χ1v) is 7.24. The average molecular weight is 330 g/mol. The molecule has 0 aliphatic rings. The van der Waals surface area contributed by atoms with Crippen LogP contribution in [0.4, 0.5) is 17.6 Å². The fourth-order valence-corrected chi connectivity index (χ4v) is 1.60. The molecule has 0 rings (SSSR count). The minimum Gasteiger partial charge on any atom is -0.462 e. The quantitative estimate of drug-likeness (QED) is 0.428. The molecule has 0 aliphatic heterocycles. The largest absolute Gasteiger partial charge is 0.462 e. The Bertz CT molecular complexity index is 348. The Kier molecular flexibility index (Phi) is 9.76. The molecular weight excluding hydrogens is 308 g/mol. The number of carbonyl (C=O) groups is 2. The third-order valence-electron chi connectivity index (χ3n) is 2.87. The third-order valence-corrected chi connectivity index (χ3v) is 2.87. The molecule has 0 radical (unpaired) electrons. The van der Waals surface area contributed by atoms with Crippen molar-refractivity contribution < 1.29 is 36.6 Å². The lowest BCUT2D eigenvalue weighted by Gasteiger charge is -2.16. The summed E-state index contributed by atoms with van der Waals surface area (Å²) in [4.78, 5) is 22.6. The summed E-state index contributed by atoms with van der Waals surface area (Å²) >= 11 is 0. The van der Waals surface area contributed by atoms with Gasteiger partial charge < -0.3 is 9.47 Å². The van der Waals surface area contributed by atoms with E-state index >= 15 is 0 Å². The molecule has 0 aromatic heterocycles. The molecule has 130 valence electrons. The molecule has 0 bridgehead atoms. The predicted octanol–water partition coefficient (Wildman–Crippen LogP) is 3.72. The van der Waals surface area contributed by atoms with Crippen LogP contribution < -0.4 is 0 Å². The standard InChI is InChI=1S/C14H22F4O4/c1-3-6-10(4-2)22-12(20)8-5-7-11(19)21-9-14(17,18)13(15)16/h10,13H,3-9H2,1-2H3. The zero-order valence-corrected chi connectivity index (χ0v) is 12.7. The number of esters is 2. The van der Waals surface area contributed by atoms with Crippen molar-refractivity contribution in [1.29, 1.82) is 0 Å². The first-order valence-electron chi connectivity index (χ1n) is 7.24. The summed E-state index contributed by atoms with van der Waals surface area (Å²) < 4.78 is 57.9. The summed E-state index contributed by atoms with van der Waals surface area (Å²) in [7, 11) is 0. The van der Waals surface area contributed by atoms with Crippen LogP contribution in [0.5, 0.6) is 0 Å². The molecule has 4 nitrogen and oxygen atoms in total. The van der Waals surface area contributed by atoms with Gasteiger partial charge in [-0.1, -0.05) is 20.3 Å². The van der Waals surface area contributed by atoms with E-state index in [0.29, 0.717) is 6.42 Å². The summed E-state index contributed by atoms with van der Waals surface area (Å²) in [5.74, 6) is -5.89. The maximum atomic E-state index is 12.5. The van der Waals surface area contributed by atoms with Crippen LogP contribution >= 0.6 is 0 Å². The molecule has 0 aromatic rings. The van der Waals surface area contributed by atoms with Crippen LogP contribution in [-0.4, -0.2) is 37.0 Å². The topological polar surface area (TPSA) is 52.6 Å². The van der Waals surface area contributed by atoms with Crippen LogP contribution in [0.1, 0.15) is 52.4 Å². The molecule has 0 spiro atoms. The van der Waals surface area contributed by atoms with E-state index in [9.17, 15) is 27.2 Å². The lowest BCUT2D eigenvalue weighted by Crippen LogP contribution is -2.33. The van der Waals surface area contributed by atoms with Gasteiger partial charge in [-0.2, -0.15) is 8.78 Å². The highest BCUT2D eigenvalue weighted by Gasteiger charge is 2.42. The van der Waals surface area contributed by atoms with Gasteiger partial charge in [-0.25, -0.2) is 8.78 Å². The first kappa shape index (κ1) is 20.7. The van der Waals surface area contributed by atoms with Crippen molar-refractivity contribution in [1.82, 2.24) is 0 Å². The molecule has 0 aromatic carbocycles. The van der Waals surface area contributed by atoms with E-state index in [1.54, 1.807) is 0 Å². The third kappa shape index (κ3) is 8.84. The van der Waals surface area contributed by atoms with Crippen molar-refractivity contribution in [2.24, 2.45) is 0 Å². The van der Waals surface area contributed by atoms with Crippen LogP contribution in [0.25, 0.3) is 0 Å². The van der Waals surface area contributed by atoms with Gasteiger partial charge in [0, 0.05) is 12.8 Å². The minimum atomic E-state index is -4.36. The Morgan fingerprint density at radius 2 is 1.68 bits per heavy atom. The highest BCUT2D eigenvalue weighted by Crippen LogP contribution is 2.23. The maximum Gasteiger partial charge on any atom is 0.340 e. The molecule has 0 heterocycles. The second-order valence-electron chi connectivity index (χ2n) is 4.88. The molecule has 0 fully saturated rings. The Hall–Kier alpha value is -1.34. The number of halogens is 4. The van der Waals surface area contributed by atoms with Gasteiger partial charge in [0.05, 0.1) is 0 Å². The van der Waals surface area contributed by atoms with Gasteiger partial charge in [-0.3, -0.25) is 9.59 Å². The highest BCUT2D eigenvalue weighted by molar-refractivity contribution is 5.72. The fourth-order valence-electron chi connectivity index (χ4n) is 1.60. The van der Waals surface area contributed by atoms with Gasteiger partial charge >= 0.3 is 24.3 Å². The van der Waals surface area contributed by atoms with Gasteiger partial charge in [0.2, 0.25) is 0 Å². The van der Waals surface area contributed by atoms with Crippen LogP contribution in [0.15, 0.2) is 0 Å². The Balaban J connectivity index is 3.90. The molecule has 1 unspecified atom stereocenters. The molecule has 0 amide bonds. The summed E-state index contributed by atoms with van der Waals surface area (Å²) in [6, 6.07) is 0. The molecule has 0 N–H and O–H groups in total. The molecule has 0 saturated heterocycles. The van der Waals surface area contributed by atoms with Crippen molar-refractivity contribution in [2.75, 3.05) is 6.61 Å². The number of hydrogen-bond donors (Lipinski definition) is 0. The van der Waals surface area contributed by atoms with E-state index in [4.69, 9.17) is 4.74 Å². The number of alkyl halides is 4. The smallest absolute Gasteiger partial charge is 0.340 e. The number of rotatable bonds is 11.